The molecule has 0 aromatic heterocycles. The molecule has 1 aromatic carbocycles. The van der Waals surface area contributed by atoms with Crippen LogP contribution in [0.15, 0.2) is 46.9 Å². The molecule has 1 heterocycles. The molecule has 2 nitrogen and oxygen atoms in total. The number of thioether (sulfide) groups is 1. The highest BCUT2D eigenvalue weighted by molar-refractivity contribution is 8.03. The number of halogens is 3. The minimum absolute atomic E-state index is 0.00506. The molecule has 0 saturated heterocycles. The molecule has 2 rings (SSSR count). The Morgan fingerprint density at radius 3 is 2.17 bits per heavy atom. The number of ketones is 2. The van der Waals surface area contributed by atoms with Crippen LogP contribution in [0, 0.1) is 0 Å². The van der Waals surface area contributed by atoms with Gasteiger partial charge in [-0.2, -0.15) is 13.2 Å². The predicted molar refractivity (Wildman–Crippen MR) is 84.3 cm³/mol. The smallest absolute Gasteiger partial charge is 0.295 e. The fourth-order valence-corrected chi connectivity index (χ4v) is 2.86. The number of hydrogen-bond acceptors (Lipinski definition) is 3. The van der Waals surface area contributed by atoms with E-state index >= 15 is 0 Å². The lowest BCUT2D eigenvalue weighted by Gasteiger charge is -2.10. The maximum absolute atomic E-state index is 12.5. The zero-order valence-electron chi connectivity index (χ0n) is 12.4. The average molecular weight is 340 g/mol. The molecule has 1 aliphatic rings. The Balaban J connectivity index is 1.93. The number of rotatable bonds is 5. The molecule has 122 valence electrons. The Bertz CT molecular complexity index is 670. The molecule has 1 aromatic rings. The lowest BCUT2D eigenvalue weighted by molar-refractivity contribution is -0.137. The van der Waals surface area contributed by atoms with Crippen LogP contribution in [-0.4, -0.2) is 17.3 Å². The van der Waals surface area contributed by atoms with Crippen molar-refractivity contribution in [2.45, 2.75) is 25.9 Å². The maximum Gasteiger partial charge on any atom is 0.416 e. The van der Waals surface area contributed by atoms with Gasteiger partial charge in [-0.3, -0.25) is 9.59 Å². The Morgan fingerprint density at radius 1 is 1.04 bits per heavy atom. The maximum atomic E-state index is 12.5. The van der Waals surface area contributed by atoms with E-state index in [9.17, 15) is 22.8 Å². The zero-order valence-corrected chi connectivity index (χ0v) is 13.3. The first-order chi connectivity index (χ1) is 10.8. The van der Waals surface area contributed by atoms with Crippen molar-refractivity contribution in [3.8, 4) is 0 Å². The summed E-state index contributed by atoms with van der Waals surface area (Å²) in [6, 6.07) is 4.06. The van der Waals surface area contributed by atoms with Gasteiger partial charge in [0.15, 0.2) is 11.6 Å². The molecule has 0 unspecified atom stereocenters. The van der Waals surface area contributed by atoms with E-state index in [-0.39, 0.29) is 30.0 Å². The number of carbonyl (C=O) groups excluding carboxylic acids is 2. The van der Waals surface area contributed by atoms with Gasteiger partial charge >= 0.3 is 6.18 Å². The molecular weight excluding hydrogens is 325 g/mol. The first-order valence-corrected chi connectivity index (χ1v) is 8.00. The number of carbonyl (C=O) groups is 2. The van der Waals surface area contributed by atoms with Gasteiger partial charge in [0.1, 0.15) is 0 Å². The van der Waals surface area contributed by atoms with Crippen molar-refractivity contribution in [1.29, 1.82) is 0 Å². The van der Waals surface area contributed by atoms with Crippen LogP contribution in [0.2, 0.25) is 0 Å². The van der Waals surface area contributed by atoms with E-state index in [1.807, 2.05) is 13.0 Å². The summed E-state index contributed by atoms with van der Waals surface area (Å²) in [5, 5.41) is 0. The molecule has 0 saturated carbocycles. The van der Waals surface area contributed by atoms with Crippen LogP contribution in [0.4, 0.5) is 13.2 Å². The molecule has 0 radical (unpaired) electrons. The number of Topliss-reactive ketones (excluding diaryl/α,β-unsaturated/α-hetero) is 2. The number of benzene rings is 1. The predicted octanol–water partition coefficient (Wildman–Crippen LogP) is 4.81. The van der Waals surface area contributed by atoms with E-state index in [0.717, 1.165) is 29.2 Å². The van der Waals surface area contributed by atoms with Gasteiger partial charge in [0.2, 0.25) is 0 Å². The molecule has 0 N–H and O–H groups in total. The van der Waals surface area contributed by atoms with Gasteiger partial charge in [0.05, 0.1) is 5.56 Å². The lowest BCUT2D eigenvalue weighted by atomic mass is 10.0. The summed E-state index contributed by atoms with van der Waals surface area (Å²) in [5.74, 6) is 0.166. The molecular formula is C17H15F3O2S. The Labute approximate surface area is 136 Å². The van der Waals surface area contributed by atoms with Crippen molar-refractivity contribution >= 4 is 23.3 Å². The molecule has 0 bridgehead atoms. The van der Waals surface area contributed by atoms with E-state index in [2.05, 4.69) is 0 Å². The monoisotopic (exact) mass is 340 g/mol. The Hall–Kier alpha value is -1.82. The standard InChI is InChI=1S/C17H15F3O2S/c1-11-2-3-13(10-23-11)16(22)9-8-15(21)12-4-6-14(7-5-12)17(18,19)20/h2-7H,8-10H2,1H3. The zero-order chi connectivity index (χ0) is 17.0. The third-order valence-corrected chi connectivity index (χ3v) is 4.49. The van der Waals surface area contributed by atoms with Crippen molar-refractivity contribution in [2.75, 3.05) is 5.75 Å². The second-order valence-electron chi connectivity index (χ2n) is 5.18. The van der Waals surface area contributed by atoms with Gasteiger partial charge in [-0.1, -0.05) is 24.3 Å². The van der Waals surface area contributed by atoms with Crippen LogP contribution in [-0.2, 0) is 11.0 Å². The lowest BCUT2D eigenvalue weighted by Crippen LogP contribution is -2.10. The second kappa shape index (κ2) is 7.17. The molecule has 0 fully saturated rings. The van der Waals surface area contributed by atoms with Gasteiger partial charge in [-0.15, -0.1) is 11.8 Å². The van der Waals surface area contributed by atoms with E-state index < -0.39 is 11.7 Å². The largest absolute Gasteiger partial charge is 0.416 e. The van der Waals surface area contributed by atoms with Gasteiger partial charge in [-0.05, 0) is 24.0 Å². The summed E-state index contributed by atoms with van der Waals surface area (Å²) in [6.07, 6.45) is -0.738. The molecule has 0 spiro atoms. The van der Waals surface area contributed by atoms with E-state index in [0.29, 0.717) is 11.3 Å². The minimum Gasteiger partial charge on any atom is -0.295 e. The number of alkyl halides is 3. The highest BCUT2D eigenvalue weighted by atomic mass is 32.2. The third kappa shape index (κ3) is 4.82. The van der Waals surface area contributed by atoms with E-state index in [1.165, 1.54) is 0 Å². The fraction of sp³-hybridized carbons (Fsp3) is 0.294. The Kier molecular flexibility index (Phi) is 5.46. The highest BCUT2D eigenvalue weighted by Crippen LogP contribution is 2.29. The first-order valence-electron chi connectivity index (χ1n) is 7.01. The van der Waals surface area contributed by atoms with Crippen LogP contribution in [0.25, 0.3) is 0 Å². The van der Waals surface area contributed by atoms with Crippen molar-refractivity contribution < 1.29 is 22.8 Å². The molecule has 6 heteroatoms. The van der Waals surface area contributed by atoms with Crippen LogP contribution < -0.4 is 0 Å². The molecule has 1 aliphatic heterocycles. The average Bonchev–Trinajstić information content (AvgIpc) is 2.52. The SMILES string of the molecule is CC1=CC=C(C(=O)CCC(=O)c2ccc(C(F)(F)F)cc2)CS1. The summed E-state index contributed by atoms with van der Waals surface area (Å²) in [4.78, 5) is 25.1. The van der Waals surface area contributed by atoms with Crippen LogP contribution in [0.3, 0.4) is 0 Å². The van der Waals surface area contributed by atoms with Crippen LogP contribution in [0.5, 0.6) is 0 Å². The molecule has 23 heavy (non-hydrogen) atoms. The van der Waals surface area contributed by atoms with Gasteiger partial charge < -0.3 is 0 Å². The number of allylic oxidation sites excluding steroid dienone is 3. The van der Waals surface area contributed by atoms with Crippen molar-refractivity contribution in [1.82, 2.24) is 0 Å². The topological polar surface area (TPSA) is 34.1 Å². The first kappa shape index (κ1) is 17.5. The summed E-state index contributed by atoms with van der Waals surface area (Å²) < 4.78 is 37.4. The molecule has 0 atom stereocenters. The van der Waals surface area contributed by atoms with Gasteiger partial charge in [0, 0.05) is 29.7 Å². The summed E-state index contributed by atoms with van der Waals surface area (Å²) in [6.45, 7) is 1.95. The van der Waals surface area contributed by atoms with Crippen molar-refractivity contribution in [2.24, 2.45) is 0 Å². The van der Waals surface area contributed by atoms with Crippen molar-refractivity contribution in [3.05, 3.63) is 58.0 Å². The van der Waals surface area contributed by atoms with E-state index in [4.69, 9.17) is 0 Å². The number of hydrogen-bond donors (Lipinski definition) is 0. The van der Waals surface area contributed by atoms with Crippen molar-refractivity contribution in [3.63, 3.8) is 0 Å². The van der Waals surface area contributed by atoms with Gasteiger partial charge in [0.25, 0.3) is 0 Å². The summed E-state index contributed by atoms with van der Waals surface area (Å²) in [5.41, 5.74) is 0.0611. The van der Waals surface area contributed by atoms with Gasteiger partial charge in [-0.25, -0.2) is 0 Å². The fourth-order valence-electron chi connectivity index (χ4n) is 2.06. The minimum atomic E-state index is -4.42. The Morgan fingerprint density at radius 2 is 1.65 bits per heavy atom. The van der Waals surface area contributed by atoms with Crippen LogP contribution in [0.1, 0.15) is 35.7 Å². The molecule has 0 aliphatic carbocycles. The summed E-state index contributed by atoms with van der Waals surface area (Å²) >= 11 is 1.57. The second-order valence-corrected chi connectivity index (χ2v) is 6.40. The highest BCUT2D eigenvalue weighted by Gasteiger charge is 2.30. The third-order valence-electron chi connectivity index (χ3n) is 3.45. The molecule has 0 amide bonds. The van der Waals surface area contributed by atoms with Crippen LogP contribution >= 0.6 is 11.8 Å². The van der Waals surface area contributed by atoms with E-state index in [1.54, 1.807) is 17.8 Å². The quantitative estimate of drug-likeness (QED) is 0.721. The summed E-state index contributed by atoms with van der Waals surface area (Å²) in [7, 11) is 0. The normalized spacial score (nSPS) is 15.0.